The fraction of sp³-hybridized carbons (Fsp3) is 0.357. The van der Waals surface area contributed by atoms with Crippen LogP contribution < -0.4 is 4.90 Å². The third-order valence-corrected chi connectivity index (χ3v) is 3.41. The van der Waals surface area contributed by atoms with E-state index in [1.54, 1.807) is 0 Å². The molecule has 1 aromatic carbocycles. The number of fused-ring (bicyclic) bond motifs is 1. The molecule has 0 unspecified atom stereocenters. The highest BCUT2D eigenvalue weighted by Gasteiger charge is 2.08. The molecular weight excluding hydrogens is 308 g/mol. The number of rotatable bonds is 6. The molecule has 4 nitrogen and oxygen atoms in total. The fourth-order valence-electron chi connectivity index (χ4n) is 1.98. The van der Waals surface area contributed by atoms with Gasteiger partial charge >= 0.3 is 0 Å². The number of nitrogens with zero attached hydrogens (tertiary/aromatic N) is 2. The summed E-state index contributed by atoms with van der Waals surface area (Å²) < 4.78 is 1.03. The van der Waals surface area contributed by atoms with Gasteiger partial charge in [0.15, 0.2) is 0 Å². The third kappa shape index (κ3) is 3.65. The summed E-state index contributed by atoms with van der Waals surface area (Å²) in [5, 5.41) is 19.1. The Hall–Kier alpha value is -1.17. The van der Waals surface area contributed by atoms with E-state index in [2.05, 4.69) is 20.9 Å². The SMILES string of the molecule is OCCCN(CCO)c1ccc2cc(Br)ccc2n1. The first kappa shape index (κ1) is 14.2. The van der Waals surface area contributed by atoms with Crippen LogP contribution in [0.2, 0.25) is 0 Å². The minimum Gasteiger partial charge on any atom is -0.396 e. The summed E-state index contributed by atoms with van der Waals surface area (Å²) in [6, 6.07) is 9.92. The highest BCUT2D eigenvalue weighted by atomic mass is 79.9. The molecule has 0 aliphatic rings. The minimum atomic E-state index is 0.0749. The molecule has 102 valence electrons. The first-order valence-electron chi connectivity index (χ1n) is 6.27. The molecule has 0 spiro atoms. The summed E-state index contributed by atoms with van der Waals surface area (Å²) in [4.78, 5) is 6.58. The topological polar surface area (TPSA) is 56.6 Å². The molecule has 1 aromatic heterocycles. The van der Waals surface area contributed by atoms with Gasteiger partial charge < -0.3 is 15.1 Å². The van der Waals surface area contributed by atoms with E-state index in [-0.39, 0.29) is 13.2 Å². The van der Waals surface area contributed by atoms with Crippen LogP contribution in [-0.2, 0) is 0 Å². The van der Waals surface area contributed by atoms with Gasteiger partial charge in [-0.05, 0) is 36.8 Å². The van der Waals surface area contributed by atoms with Crippen LogP contribution in [0.5, 0.6) is 0 Å². The lowest BCUT2D eigenvalue weighted by Crippen LogP contribution is -2.29. The summed E-state index contributed by atoms with van der Waals surface area (Å²) in [5.41, 5.74) is 0.924. The molecule has 0 saturated heterocycles. The first-order valence-corrected chi connectivity index (χ1v) is 7.07. The van der Waals surface area contributed by atoms with Gasteiger partial charge in [0.25, 0.3) is 0 Å². The van der Waals surface area contributed by atoms with Crippen molar-refractivity contribution in [3.8, 4) is 0 Å². The normalized spacial score (nSPS) is 10.9. The smallest absolute Gasteiger partial charge is 0.129 e. The second-order valence-corrected chi connectivity index (χ2v) is 5.21. The third-order valence-electron chi connectivity index (χ3n) is 2.92. The number of halogens is 1. The van der Waals surface area contributed by atoms with Gasteiger partial charge in [-0.3, -0.25) is 0 Å². The average Bonchev–Trinajstić information content (AvgIpc) is 2.43. The summed E-state index contributed by atoms with van der Waals surface area (Å²) in [6.07, 6.45) is 0.667. The van der Waals surface area contributed by atoms with Crippen molar-refractivity contribution in [2.24, 2.45) is 0 Å². The number of anilines is 1. The van der Waals surface area contributed by atoms with E-state index in [1.165, 1.54) is 0 Å². The molecule has 0 atom stereocenters. The van der Waals surface area contributed by atoms with Gasteiger partial charge in [0.05, 0.1) is 12.1 Å². The molecule has 0 radical (unpaired) electrons. The standard InChI is InChI=1S/C14H17BrN2O2/c15-12-3-4-13-11(10-12)2-5-14(16-13)17(7-9-19)6-1-8-18/h2-5,10,18-19H,1,6-9H2. The Morgan fingerprint density at radius 3 is 2.63 bits per heavy atom. The molecule has 2 N–H and O–H groups in total. The van der Waals surface area contributed by atoms with Crippen molar-refractivity contribution in [2.45, 2.75) is 6.42 Å². The van der Waals surface area contributed by atoms with Gasteiger partial charge in [-0.2, -0.15) is 0 Å². The van der Waals surface area contributed by atoms with Gasteiger partial charge in [0, 0.05) is 29.6 Å². The average molecular weight is 325 g/mol. The molecule has 19 heavy (non-hydrogen) atoms. The Morgan fingerprint density at radius 2 is 1.89 bits per heavy atom. The largest absolute Gasteiger partial charge is 0.396 e. The van der Waals surface area contributed by atoms with Crippen molar-refractivity contribution in [1.82, 2.24) is 4.98 Å². The number of aliphatic hydroxyl groups is 2. The van der Waals surface area contributed by atoms with Gasteiger partial charge in [-0.1, -0.05) is 15.9 Å². The molecule has 0 bridgehead atoms. The van der Waals surface area contributed by atoms with Crippen molar-refractivity contribution in [2.75, 3.05) is 31.2 Å². The van der Waals surface area contributed by atoms with Crippen LogP contribution in [0, 0.1) is 0 Å². The number of pyridine rings is 1. The maximum Gasteiger partial charge on any atom is 0.129 e. The van der Waals surface area contributed by atoms with E-state index in [1.807, 2.05) is 35.2 Å². The Kier molecular flexibility index (Phi) is 5.13. The molecule has 2 aromatic rings. The van der Waals surface area contributed by atoms with E-state index in [0.717, 1.165) is 21.2 Å². The summed E-state index contributed by atoms with van der Waals surface area (Å²) >= 11 is 3.44. The first-order chi connectivity index (χ1) is 9.24. The molecule has 1 heterocycles. The quantitative estimate of drug-likeness (QED) is 0.855. The Labute approximate surface area is 120 Å². The van der Waals surface area contributed by atoms with Crippen molar-refractivity contribution in [3.63, 3.8) is 0 Å². The number of hydrogen-bond donors (Lipinski definition) is 2. The molecule has 5 heteroatoms. The molecular formula is C14H17BrN2O2. The zero-order valence-electron chi connectivity index (χ0n) is 10.6. The lowest BCUT2D eigenvalue weighted by atomic mass is 10.2. The molecule has 0 saturated carbocycles. The van der Waals surface area contributed by atoms with Crippen LogP contribution in [-0.4, -0.2) is 41.5 Å². The van der Waals surface area contributed by atoms with Gasteiger partial charge in [-0.15, -0.1) is 0 Å². The van der Waals surface area contributed by atoms with Gasteiger partial charge in [0.1, 0.15) is 5.82 Å². The lowest BCUT2D eigenvalue weighted by Gasteiger charge is -2.22. The van der Waals surface area contributed by atoms with Crippen molar-refractivity contribution in [3.05, 3.63) is 34.8 Å². The molecule has 0 aliphatic carbocycles. The van der Waals surface area contributed by atoms with Crippen molar-refractivity contribution < 1.29 is 10.2 Å². The maximum atomic E-state index is 9.11. The Bertz CT molecular complexity index is 548. The van der Waals surface area contributed by atoms with Crippen LogP contribution in [0.3, 0.4) is 0 Å². The zero-order valence-corrected chi connectivity index (χ0v) is 12.2. The number of hydrogen-bond acceptors (Lipinski definition) is 4. The van der Waals surface area contributed by atoms with Gasteiger partial charge in [0.2, 0.25) is 0 Å². The van der Waals surface area contributed by atoms with Crippen molar-refractivity contribution in [1.29, 1.82) is 0 Å². The summed E-state index contributed by atoms with van der Waals surface area (Å²) in [5.74, 6) is 0.831. The van der Waals surface area contributed by atoms with E-state index in [4.69, 9.17) is 10.2 Å². The van der Waals surface area contributed by atoms with Crippen LogP contribution >= 0.6 is 15.9 Å². The minimum absolute atomic E-state index is 0.0749. The molecule has 0 aliphatic heterocycles. The van der Waals surface area contributed by atoms with Gasteiger partial charge in [-0.25, -0.2) is 4.98 Å². The van der Waals surface area contributed by atoms with E-state index >= 15 is 0 Å². The lowest BCUT2D eigenvalue weighted by molar-refractivity contribution is 0.281. The monoisotopic (exact) mass is 324 g/mol. The van der Waals surface area contributed by atoms with Crippen LogP contribution in [0.1, 0.15) is 6.42 Å². The predicted molar refractivity (Wildman–Crippen MR) is 80.4 cm³/mol. The predicted octanol–water partition coefficient (Wildman–Crippen LogP) is 2.18. The molecule has 0 fully saturated rings. The summed E-state index contributed by atoms with van der Waals surface area (Å²) in [7, 11) is 0. The number of benzene rings is 1. The Morgan fingerprint density at radius 1 is 1.05 bits per heavy atom. The highest BCUT2D eigenvalue weighted by molar-refractivity contribution is 9.10. The molecule has 2 rings (SSSR count). The van der Waals surface area contributed by atoms with Crippen LogP contribution in [0.4, 0.5) is 5.82 Å². The van der Waals surface area contributed by atoms with Crippen LogP contribution in [0.15, 0.2) is 34.8 Å². The number of aromatic nitrogens is 1. The van der Waals surface area contributed by atoms with E-state index in [0.29, 0.717) is 19.5 Å². The van der Waals surface area contributed by atoms with Crippen molar-refractivity contribution >= 4 is 32.7 Å². The fourth-order valence-corrected chi connectivity index (χ4v) is 2.36. The van der Waals surface area contributed by atoms with E-state index in [9.17, 15) is 0 Å². The maximum absolute atomic E-state index is 9.11. The second kappa shape index (κ2) is 6.84. The number of aliphatic hydroxyl groups excluding tert-OH is 2. The van der Waals surface area contributed by atoms with Crippen LogP contribution in [0.25, 0.3) is 10.9 Å². The summed E-state index contributed by atoms with van der Waals surface area (Å²) in [6.45, 7) is 1.43. The van der Waals surface area contributed by atoms with E-state index < -0.39 is 0 Å². The second-order valence-electron chi connectivity index (χ2n) is 4.29. The highest BCUT2D eigenvalue weighted by Crippen LogP contribution is 2.21. The zero-order chi connectivity index (χ0) is 13.7. The Balaban J connectivity index is 2.29. The molecule has 0 amide bonds.